The largest absolute Gasteiger partial charge is 0.444 e. The Balaban J connectivity index is 1.50. The van der Waals surface area contributed by atoms with Crippen molar-refractivity contribution in [2.45, 2.75) is 45.0 Å². The number of rotatable bonds is 6. The molecule has 3 aromatic carbocycles. The van der Waals surface area contributed by atoms with Crippen LogP contribution in [-0.4, -0.2) is 33.9 Å². The lowest BCUT2D eigenvalue weighted by Gasteiger charge is -2.25. The van der Waals surface area contributed by atoms with E-state index >= 15 is 0 Å². The van der Waals surface area contributed by atoms with Crippen molar-refractivity contribution in [3.63, 3.8) is 0 Å². The van der Waals surface area contributed by atoms with E-state index in [0.717, 1.165) is 33.8 Å². The minimum atomic E-state index is -0.869. The molecule has 1 aliphatic rings. The molecule has 198 valence electrons. The molecule has 0 radical (unpaired) electrons. The van der Waals surface area contributed by atoms with Crippen LogP contribution in [0.15, 0.2) is 108 Å². The molecule has 0 saturated carbocycles. The zero-order chi connectivity index (χ0) is 27.4. The van der Waals surface area contributed by atoms with E-state index in [2.05, 4.69) is 10.6 Å². The highest BCUT2D eigenvalue weighted by Crippen LogP contribution is 2.30. The number of hydrogen-bond acceptors (Lipinski definition) is 4. The third-order valence-corrected chi connectivity index (χ3v) is 6.35. The molecule has 2 unspecified atom stereocenters. The number of benzene rings is 3. The minimum absolute atomic E-state index is 0.301. The topological polar surface area (TPSA) is 84.7 Å². The summed E-state index contributed by atoms with van der Waals surface area (Å²) >= 11 is 0. The molecule has 5 rings (SSSR count). The number of nitrogens with zero attached hydrogens (tertiary/aromatic N) is 2. The number of hydrogen-bond donors (Lipinski definition) is 2. The zero-order valence-corrected chi connectivity index (χ0v) is 22.3. The van der Waals surface area contributed by atoms with Crippen molar-refractivity contribution in [2.75, 3.05) is 0 Å². The van der Waals surface area contributed by atoms with Gasteiger partial charge < -0.3 is 19.9 Å². The van der Waals surface area contributed by atoms with Gasteiger partial charge >= 0.3 is 6.09 Å². The van der Waals surface area contributed by atoms with Crippen LogP contribution in [0, 0.1) is 0 Å². The fourth-order valence-electron chi connectivity index (χ4n) is 4.66. The summed E-state index contributed by atoms with van der Waals surface area (Å²) in [6.07, 6.45) is 0.935. The molecule has 2 heterocycles. The Bertz CT molecular complexity index is 1490. The number of ether oxygens (including phenoxy) is 1. The van der Waals surface area contributed by atoms with Gasteiger partial charge in [0.1, 0.15) is 11.6 Å². The van der Waals surface area contributed by atoms with Crippen molar-refractivity contribution >= 4 is 17.7 Å². The molecule has 0 fully saturated rings. The van der Waals surface area contributed by atoms with Crippen LogP contribution in [-0.2, 0) is 16.0 Å². The van der Waals surface area contributed by atoms with Crippen LogP contribution in [0.5, 0.6) is 0 Å². The lowest BCUT2D eigenvalue weighted by Crippen LogP contribution is -2.50. The zero-order valence-electron chi connectivity index (χ0n) is 22.3. The third-order valence-electron chi connectivity index (χ3n) is 6.35. The van der Waals surface area contributed by atoms with Gasteiger partial charge in [-0.15, -0.1) is 0 Å². The standard InChI is InChI=1S/C32H32N4O3/c1-32(2,3)39-31(38)33-25(21-22-13-6-4-7-14-22)30(37)35-29-27-19-12-20-36(27)26-18-11-10-17-24(26)28(34-29)23-15-8-5-9-16-23/h4-20,25,29H,21H2,1-3H3,(H,33,38)(H,35,37). The molecule has 2 amide bonds. The van der Waals surface area contributed by atoms with Gasteiger partial charge in [0, 0.05) is 23.7 Å². The molecular weight excluding hydrogens is 488 g/mol. The van der Waals surface area contributed by atoms with E-state index in [9.17, 15) is 9.59 Å². The third kappa shape index (κ3) is 6.09. The second-order valence-corrected chi connectivity index (χ2v) is 10.5. The maximum atomic E-state index is 13.8. The van der Waals surface area contributed by atoms with Gasteiger partial charge in [-0.3, -0.25) is 9.79 Å². The van der Waals surface area contributed by atoms with Crippen LogP contribution >= 0.6 is 0 Å². The second-order valence-electron chi connectivity index (χ2n) is 10.5. The van der Waals surface area contributed by atoms with Crippen LogP contribution < -0.4 is 10.6 Å². The van der Waals surface area contributed by atoms with Crippen molar-refractivity contribution in [3.05, 3.63) is 126 Å². The summed E-state index contributed by atoms with van der Waals surface area (Å²) in [5.74, 6) is -0.357. The van der Waals surface area contributed by atoms with Crippen LogP contribution in [0.2, 0.25) is 0 Å². The molecule has 4 aromatic rings. The van der Waals surface area contributed by atoms with Gasteiger partial charge in [0.2, 0.25) is 5.91 Å². The van der Waals surface area contributed by atoms with Gasteiger partial charge in [0.15, 0.2) is 6.17 Å². The number of nitrogens with one attached hydrogen (secondary N) is 2. The average molecular weight is 521 g/mol. The van der Waals surface area contributed by atoms with E-state index in [1.54, 1.807) is 20.8 Å². The summed E-state index contributed by atoms with van der Waals surface area (Å²) in [5.41, 5.74) is 4.70. The molecule has 0 spiro atoms. The smallest absolute Gasteiger partial charge is 0.408 e. The van der Waals surface area contributed by atoms with E-state index in [-0.39, 0.29) is 5.91 Å². The first kappa shape index (κ1) is 26.0. The number of aliphatic imine (C=N–C) groups is 1. The lowest BCUT2D eigenvalue weighted by molar-refractivity contribution is -0.123. The number of carbonyl (C=O) groups is 2. The van der Waals surface area contributed by atoms with Crippen LogP contribution in [0.25, 0.3) is 5.69 Å². The van der Waals surface area contributed by atoms with E-state index in [4.69, 9.17) is 9.73 Å². The molecule has 2 N–H and O–H groups in total. The highest BCUT2D eigenvalue weighted by atomic mass is 16.6. The first-order valence-corrected chi connectivity index (χ1v) is 13.0. The van der Waals surface area contributed by atoms with Crippen molar-refractivity contribution in [2.24, 2.45) is 4.99 Å². The molecule has 39 heavy (non-hydrogen) atoms. The quantitative estimate of drug-likeness (QED) is 0.348. The number of aromatic nitrogens is 1. The normalized spacial score (nSPS) is 15.2. The monoisotopic (exact) mass is 520 g/mol. The molecular formula is C32H32N4O3. The van der Waals surface area contributed by atoms with E-state index in [0.29, 0.717) is 6.42 Å². The van der Waals surface area contributed by atoms with Crippen LogP contribution in [0.1, 0.15) is 49.3 Å². The van der Waals surface area contributed by atoms with Crippen LogP contribution in [0.3, 0.4) is 0 Å². The Morgan fingerprint density at radius 2 is 1.56 bits per heavy atom. The Morgan fingerprint density at radius 1 is 0.897 bits per heavy atom. The summed E-state index contributed by atoms with van der Waals surface area (Å²) in [6, 6.07) is 30.6. The number of fused-ring (bicyclic) bond motifs is 3. The Labute approximate surface area is 228 Å². The molecule has 1 aromatic heterocycles. The Hall–Kier alpha value is -4.65. The van der Waals surface area contributed by atoms with Crippen molar-refractivity contribution in [1.29, 1.82) is 0 Å². The van der Waals surface area contributed by atoms with E-state index < -0.39 is 23.9 Å². The number of alkyl carbamates (subject to hydrolysis) is 1. The number of carbonyl (C=O) groups excluding carboxylic acids is 2. The molecule has 7 heteroatoms. The fourth-order valence-corrected chi connectivity index (χ4v) is 4.66. The number of amides is 2. The minimum Gasteiger partial charge on any atom is -0.444 e. The van der Waals surface area contributed by atoms with E-state index in [1.165, 1.54) is 0 Å². The average Bonchev–Trinajstić information content (AvgIpc) is 3.36. The first-order chi connectivity index (χ1) is 18.8. The molecule has 7 nitrogen and oxygen atoms in total. The molecule has 0 saturated heterocycles. The molecule has 0 aliphatic carbocycles. The summed E-state index contributed by atoms with van der Waals surface area (Å²) in [7, 11) is 0. The maximum absolute atomic E-state index is 13.8. The van der Waals surface area contributed by atoms with Crippen molar-refractivity contribution < 1.29 is 14.3 Å². The van der Waals surface area contributed by atoms with E-state index in [1.807, 2.05) is 108 Å². The SMILES string of the molecule is CC(C)(C)OC(=O)NC(Cc1ccccc1)C(=O)NC1N=C(c2ccccc2)c2ccccc2-n2cccc21. The lowest BCUT2D eigenvalue weighted by atomic mass is 10.0. The van der Waals surface area contributed by atoms with Gasteiger partial charge in [-0.2, -0.15) is 0 Å². The van der Waals surface area contributed by atoms with Gasteiger partial charge in [-0.25, -0.2) is 4.79 Å². The summed E-state index contributed by atoms with van der Waals surface area (Å²) in [6.45, 7) is 5.36. The summed E-state index contributed by atoms with van der Waals surface area (Å²) < 4.78 is 7.51. The fraction of sp³-hybridized carbons (Fsp3) is 0.219. The van der Waals surface area contributed by atoms with Crippen LogP contribution in [0.4, 0.5) is 4.79 Å². The first-order valence-electron chi connectivity index (χ1n) is 13.0. The molecule has 0 bridgehead atoms. The van der Waals surface area contributed by atoms with Crippen molar-refractivity contribution in [3.8, 4) is 5.69 Å². The Kier molecular flexibility index (Phi) is 7.32. The summed E-state index contributed by atoms with van der Waals surface area (Å²) in [4.78, 5) is 31.6. The van der Waals surface area contributed by atoms with Crippen molar-refractivity contribution in [1.82, 2.24) is 15.2 Å². The highest BCUT2D eigenvalue weighted by molar-refractivity contribution is 6.15. The van der Waals surface area contributed by atoms with Gasteiger partial charge in [0.05, 0.1) is 17.1 Å². The van der Waals surface area contributed by atoms with Gasteiger partial charge in [-0.05, 0) is 44.5 Å². The summed E-state index contributed by atoms with van der Waals surface area (Å²) in [5, 5.41) is 5.88. The van der Waals surface area contributed by atoms with Gasteiger partial charge in [-0.1, -0.05) is 78.9 Å². The predicted octanol–water partition coefficient (Wildman–Crippen LogP) is 5.58. The maximum Gasteiger partial charge on any atom is 0.408 e. The predicted molar refractivity (Wildman–Crippen MR) is 152 cm³/mol. The Morgan fingerprint density at radius 3 is 2.28 bits per heavy atom. The van der Waals surface area contributed by atoms with Gasteiger partial charge in [0.25, 0.3) is 0 Å². The second kappa shape index (κ2) is 11.0. The molecule has 2 atom stereocenters. The number of para-hydroxylation sites is 1. The highest BCUT2D eigenvalue weighted by Gasteiger charge is 2.30. The molecule has 1 aliphatic heterocycles.